The van der Waals surface area contributed by atoms with Crippen molar-refractivity contribution in [1.82, 2.24) is 10.6 Å². The standard InChI is InChI=1S/C62H116N2O22/c1-3-5-7-9-11-13-15-17-18-19-20-21-22-24-26-28-30-32-34-36-48(71)63-42(43(68)35-33-31-29-27-25-23-16-14-12-10-8-6-4-2)41-81-58-53(75)52(74)55(47(40-67)83-58)84-59-54(76)57(51(73)46(39-66)82-59)86-62(60(77)78)37-44(69)49(64-61(79)80)56(85-62)50(72)45(70)38-65/h42-47,49-59,64-70,72-76H,3-41H2,1-2H3,(H,63,71)(H,77,78)(H,79,80)/t42-,43+,44-,45+,46+,47+,49+,50+,51-,52+,53+,54+,55+,56?,57-,58+,59-,62-/m0/s1. The molecule has 0 saturated carbocycles. The molecule has 0 radical (unpaired) electrons. The van der Waals surface area contributed by atoms with Crippen molar-refractivity contribution in [2.45, 2.75) is 348 Å². The second-order valence-corrected chi connectivity index (χ2v) is 24.4. The van der Waals surface area contributed by atoms with Crippen molar-refractivity contribution in [3.63, 3.8) is 0 Å². The van der Waals surface area contributed by atoms with E-state index >= 15 is 0 Å². The molecule has 0 spiro atoms. The molecule has 3 heterocycles. The van der Waals surface area contributed by atoms with Crippen molar-refractivity contribution in [2.75, 3.05) is 26.4 Å². The molecule has 3 rings (SSSR count). The normalized spacial score (nSPS) is 29.3. The maximum atomic E-state index is 13.4. The van der Waals surface area contributed by atoms with Gasteiger partial charge in [-0.05, 0) is 12.8 Å². The number of aliphatic carboxylic acids is 1. The lowest BCUT2D eigenvalue weighted by molar-refractivity contribution is -0.386. The highest BCUT2D eigenvalue weighted by molar-refractivity contribution is 5.76. The SMILES string of the molecule is CCCCCCCCCCCCCCCCCCCCCC(=O)N[C@@H](CO[C@@H]1O[C@H](CO)[C@@H](O[C@@H]2O[C@H](CO)[C@H](O)[C@H](O[C@]3(C(=O)O)C[C@H](O)[C@@H](NC(=O)O)C([C@H](O)[C@H](O)CO)O3)[C@H]2O)[C@H](O)[C@H]1O)[C@H](O)CCCCCCCCCCCCCCC. The van der Waals surface area contributed by atoms with Gasteiger partial charge in [0.15, 0.2) is 12.6 Å². The van der Waals surface area contributed by atoms with Gasteiger partial charge in [0.05, 0.1) is 50.7 Å². The van der Waals surface area contributed by atoms with Crippen molar-refractivity contribution >= 4 is 18.0 Å². The minimum atomic E-state index is -3.16. The highest BCUT2D eigenvalue weighted by Crippen LogP contribution is 2.39. The molecule has 1 unspecified atom stereocenters. The molecule has 15 N–H and O–H groups in total. The predicted molar refractivity (Wildman–Crippen MR) is 317 cm³/mol. The molecular formula is C62H116N2O22. The van der Waals surface area contributed by atoms with Gasteiger partial charge in [0.1, 0.15) is 67.1 Å². The molecule has 0 aromatic carbocycles. The van der Waals surface area contributed by atoms with Gasteiger partial charge < -0.3 is 105 Å². The Kier molecular flexibility index (Phi) is 40.6. The van der Waals surface area contributed by atoms with Gasteiger partial charge in [0.25, 0.3) is 5.79 Å². The summed E-state index contributed by atoms with van der Waals surface area (Å²) in [5.74, 6) is -5.49. The molecule has 18 atom stereocenters. The Hall–Kier alpha value is -2.47. The molecule has 86 heavy (non-hydrogen) atoms. The summed E-state index contributed by atoms with van der Waals surface area (Å²) in [5.41, 5.74) is 0. The highest BCUT2D eigenvalue weighted by atomic mass is 16.8. The number of aliphatic hydroxyl groups excluding tert-OH is 11. The van der Waals surface area contributed by atoms with E-state index in [4.69, 9.17) is 28.4 Å². The highest BCUT2D eigenvalue weighted by Gasteiger charge is 2.60. The molecule has 0 bridgehead atoms. The lowest BCUT2D eigenvalue weighted by Gasteiger charge is -2.50. The summed E-state index contributed by atoms with van der Waals surface area (Å²) < 4.78 is 34.5. The first kappa shape index (κ1) is 77.8. The number of rotatable bonds is 50. The monoisotopic (exact) mass is 1240 g/mol. The number of carboxylic acid groups (broad SMARTS) is 2. The fraction of sp³-hybridized carbons (Fsp3) is 0.952. The van der Waals surface area contributed by atoms with Crippen LogP contribution in [0.2, 0.25) is 0 Å². The summed E-state index contributed by atoms with van der Waals surface area (Å²) in [7, 11) is 0. The number of carbonyl (C=O) groups is 3. The molecule has 0 aliphatic carbocycles. The van der Waals surface area contributed by atoms with E-state index in [-0.39, 0.29) is 18.9 Å². The van der Waals surface area contributed by atoms with Crippen LogP contribution in [0.4, 0.5) is 4.79 Å². The van der Waals surface area contributed by atoms with Gasteiger partial charge in [-0.15, -0.1) is 0 Å². The van der Waals surface area contributed by atoms with Crippen molar-refractivity contribution in [2.24, 2.45) is 0 Å². The number of aliphatic hydroxyl groups is 11. The Labute approximate surface area is 511 Å². The summed E-state index contributed by atoms with van der Waals surface area (Å²) in [6, 6.07) is -2.78. The fourth-order valence-corrected chi connectivity index (χ4v) is 11.9. The van der Waals surface area contributed by atoms with Crippen LogP contribution in [0, 0.1) is 0 Å². The van der Waals surface area contributed by atoms with E-state index < -0.39 is 148 Å². The van der Waals surface area contributed by atoms with Crippen LogP contribution in [0.5, 0.6) is 0 Å². The number of amides is 2. The maximum Gasteiger partial charge on any atom is 0.405 e. The number of carboxylic acids is 1. The first-order valence-corrected chi connectivity index (χ1v) is 33.1. The summed E-state index contributed by atoms with van der Waals surface area (Å²) in [4.78, 5) is 38.0. The Bertz CT molecular complexity index is 1760. The third kappa shape index (κ3) is 28.0. The maximum absolute atomic E-state index is 13.4. The third-order valence-corrected chi connectivity index (χ3v) is 17.2. The molecule has 24 nitrogen and oxygen atoms in total. The average molecular weight is 1240 g/mol. The first-order chi connectivity index (χ1) is 41.4. The van der Waals surface area contributed by atoms with E-state index in [1.165, 1.54) is 141 Å². The number of hydrogen-bond donors (Lipinski definition) is 15. The van der Waals surface area contributed by atoms with Crippen molar-refractivity contribution in [3.8, 4) is 0 Å². The van der Waals surface area contributed by atoms with Crippen LogP contribution in [0.3, 0.4) is 0 Å². The van der Waals surface area contributed by atoms with E-state index in [1.54, 1.807) is 0 Å². The van der Waals surface area contributed by atoms with Gasteiger partial charge in [0, 0.05) is 12.8 Å². The number of unbranched alkanes of at least 4 members (excludes halogenated alkanes) is 30. The molecule has 0 aromatic rings. The summed E-state index contributed by atoms with van der Waals surface area (Å²) in [5, 5.41) is 144. The van der Waals surface area contributed by atoms with Gasteiger partial charge >= 0.3 is 12.1 Å². The second-order valence-electron chi connectivity index (χ2n) is 24.4. The van der Waals surface area contributed by atoms with Crippen LogP contribution in [0.25, 0.3) is 0 Å². The molecule has 506 valence electrons. The van der Waals surface area contributed by atoms with Gasteiger partial charge in [-0.25, -0.2) is 9.59 Å². The Balaban J connectivity index is 1.60. The molecular weight excluding hydrogens is 1120 g/mol. The van der Waals surface area contributed by atoms with Crippen LogP contribution < -0.4 is 10.6 Å². The molecule has 24 heteroatoms. The van der Waals surface area contributed by atoms with E-state index in [9.17, 15) is 80.8 Å². The number of nitrogens with one attached hydrogen (secondary N) is 2. The fourth-order valence-electron chi connectivity index (χ4n) is 11.9. The van der Waals surface area contributed by atoms with Gasteiger partial charge in [-0.1, -0.05) is 213 Å². The van der Waals surface area contributed by atoms with Gasteiger partial charge in [-0.2, -0.15) is 0 Å². The predicted octanol–water partition coefficient (Wildman–Crippen LogP) is 5.08. The quantitative estimate of drug-likeness (QED) is 0.0353. The molecule has 3 aliphatic rings. The minimum Gasteiger partial charge on any atom is -0.477 e. The van der Waals surface area contributed by atoms with Crippen LogP contribution in [-0.4, -0.2) is 221 Å². The van der Waals surface area contributed by atoms with Crippen LogP contribution in [0.1, 0.15) is 239 Å². The average Bonchev–Trinajstić information content (AvgIpc) is 2.74. The topological polar surface area (TPSA) is 394 Å². The molecule has 3 saturated heterocycles. The zero-order valence-corrected chi connectivity index (χ0v) is 51.9. The summed E-state index contributed by atoms with van der Waals surface area (Å²) in [6.07, 6.45) is 6.86. The number of hydrogen-bond acceptors (Lipinski definition) is 20. The van der Waals surface area contributed by atoms with Gasteiger partial charge in [0.2, 0.25) is 5.91 Å². The Morgan fingerprint density at radius 1 is 0.547 bits per heavy atom. The third-order valence-electron chi connectivity index (χ3n) is 17.2. The lowest BCUT2D eigenvalue weighted by Crippen LogP contribution is -2.71. The van der Waals surface area contributed by atoms with E-state index in [0.29, 0.717) is 19.3 Å². The van der Waals surface area contributed by atoms with E-state index in [2.05, 4.69) is 19.2 Å². The van der Waals surface area contributed by atoms with Crippen molar-refractivity contribution < 1.29 is 109 Å². The summed E-state index contributed by atoms with van der Waals surface area (Å²) >= 11 is 0. The number of carbonyl (C=O) groups excluding carboxylic acids is 1. The molecule has 2 amide bonds. The zero-order chi connectivity index (χ0) is 63.3. The van der Waals surface area contributed by atoms with Gasteiger partial charge in [-0.3, -0.25) is 4.79 Å². The number of ether oxygens (including phenoxy) is 6. The summed E-state index contributed by atoms with van der Waals surface area (Å²) in [6.45, 7) is 1.03. The Morgan fingerprint density at radius 2 is 1.00 bits per heavy atom. The minimum absolute atomic E-state index is 0.220. The lowest BCUT2D eigenvalue weighted by atomic mass is 9.88. The van der Waals surface area contributed by atoms with Crippen LogP contribution >= 0.6 is 0 Å². The second kappa shape index (κ2) is 44.9. The molecule has 0 aromatic heterocycles. The smallest absolute Gasteiger partial charge is 0.405 e. The molecule has 3 aliphatic heterocycles. The van der Waals surface area contributed by atoms with Crippen LogP contribution in [-0.2, 0) is 38.0 Å². The van der Waals surface area contributed by atoms with E-state index in [0.717, 1.165) is 51.4 Å². The Morgan fingerprint density at radius 3 is 1.44 bits per heavy atom. The largest absolute Gasteiger partial charge is 0.477 e. The van der Waals surface area contributed by atoms with Crippen molar-refractivity contribution in [3.05, 3.63) is 0 Å². The molecule has 3 fully saturated rings. The van der Waals surface area contributed by atoms with Crippen LogP contribution in [0.15, 0.2) is 0 Å². The van der Waals surface area contributed by atoms with E-state index in [1.807, 2.05) is 5.32 Å². The van der Waals surface area contributed by atoms with Crippen molar-refractivity contribution in [1.29, 1.82) is 0 Å². The zero-order valence-electron chi connectivity index (χ0n) is 51.9. The first-order valence-electron chi connectivity index (χ1n) is 33.1.